The van der Waals surface area contributed by atoms with E-state index in [0.717, 1.165) is 32.1 Å². The molecule has 1 amide bonds. The maximum absolute atomic E-state index is 12.7. The monoisotopic (exact) mass is 534 g/mol. The Morgan fingerprint density at radius 1 is 1.03 bits per heavy atom. The van der Waals surface area contributed by atoms with Crippen molar-refractivity contribution in [1.82, 2.24) is 14.4 Å². The highest BCUT2D eigenvalue weighted by Crippen LogP contribution is 2.30. The van der Waals surface area contributed by atoms with E-state index in [-0.39, 0.29) is 17.6 Å². The van der Waals surface area contributed by atoms with Gasteiger partial charge in [0.15, 0.2) is 5.16 Å². The summed E-state index contributed by atoms with van der Waals surface area (Å²) in [6, 6.07) is 20.4. The standard InChI is InChI=1S/C25H19BrN4O3S/c1-2-33-24(32)15-7-10-17(11-8-15)27-22(31)14-34-25-29-19-12-9-16(26)13-18(19)23-28-20-5-3-4-6-21(20)30(23)25/h3-13H,2,14H2,1H3,(H,27,31). The molecule has 34 heavy (non-hydrogen) atoms. The van der Waals surface area contributed by atoms with Crippen LogP contribution in [0.4, 0.5) is 5.69 Å². The van der Waals surface area contributed by atoms with Crippen LogP contribution in [0.2, 0.25) is 0 Å². The maximum Gasteiger partial charge on any atom is 0.338 e. The van der Waals surface area contributed by atoms with Crippen molar-refractivity contribution in [1.29, 1.82) is 0 Å². The highest BCUT2D eigenvalue weighted by molar-refractivity contribution is 9.10. The van der Waals surface area contributed by atoms with Gasteiger partial charge in [0, 0.05) is 15.5 Å². The summed E-state index contributed by atoms with van der Waals surface area (Å²) in [5.74, 6) is -0.401. The third-order valence-electron chi connectivity index (χ3n) is 5.18. The van der Waals surface area contributed by atoms with E-state index in [2.05, 4.69) is 21.2 Å². The van der Waals surface area contributed by atoms with Gasteiger partial charge in [-0.25, -0.2) is 14.8 Å². The van der Waals surface area contributed by atoms with Crippen LogP contribution < -0.4 is 5.32 Å². The van der Waals surface area contributed by atoms with Gasteiger partial charge in [-0.1, -0.05) is 39.8 Å². The molecule has 2 heterocycles. The van der Waals surface area contributed by atoms with Crippen molar-refractivity contribution < 1.29 is 14.3 Å². The van der Waals surface area contributed by atoms with Crippen molar-refractivity contribution in [3.8, 4) is 0 Å². The molecule has 1 N–H and O–H groups in total. The first-order valence-corrected chi connectivity index (χ1v) is 12.4. The van der Waals surface area contributed by atoms with Crippen LogP contribution in [0.1, 0.15) is 17.3 Å². The average Bonchev–Trinajstić information content (AvgIpc) is 3.24. The van der Waals surface area contributed by atoms with Gasteiger partial charge in [0.05, 0.1) is 34.5 Å². The number of esters is 1. The van der Waals surface area contributed by atoms with E-state index in [9.17, 15) is 9.59 Å². The van der Waals surface area contributed by atoms with Gasteiger partial charge in [0.25, 0.3) is 0 Å². The van der Waals surface area contributed by atoms with Crippen LogP contribution in [0, 0.1) is 0 Å². The molecule has 170 valence electrons. The molecule has 7 nitrogen and oxygen atoms in total. The lowest BCUT2D eigenvalue weighted by Crippen LogP contribution is -2.15. The first kappa shape index (κ1) is 22.4. The Kier molecular flexibility index (Phi) is 6.21. The number of thioether (sulfide) groups is 1. The minimum atomic E-state index is -0.387. The number of anilines is 1. The summed E-state index contributed by atoms with van der Waals surface area (Å²) in [5.41, 5.74) is 4.45. The fourth-order valence-electron chi connectivity index (χ4n) is 3.67. The second-order valence-electron chi connectivity index (χ2n) is 7.45. The molecule has 0 spiro atoms. The fourth-order valence-corrected chi connectivity index (χ4v) is 4.84. The van der Waals surface area contributed by atoms with Gasteiger partial charge in [0.1, 0.15) is 5.65 Å². The third-order valence-corrected chi connectivity index (χ3v) is 6.61. The molecule has 0 radical (unpaired) electrons. The van der Waals surface area contributed by atoms with E-state index >= 15 is 0 Å². The Balaban J connectivity index is 1.41. The van der Waals surface area contributed by atoms with Crippen molar-refractivity contribution in [3.05, 3.63) is 76.8 Å². The summed E-state index contributed by atoms with van der Waals surface area (Å²) in [6.07, 6.45) is 0. The molecule has 0 unspecified atom stereocenters. The number of nitrogens with zero attached hydrogens (tertiary/aromatic N) is 3. The predicted octanol–water partition coefficient (Wildman–Crippen LogP) is 5.71. The normalized spacial score (nSPS) is 11.2. The number of benzene rings is 3. The van der Waals surface area contributed by atoms with Crippen molar-refractivity contribution in [2.24, 2.45) is 0 Å². The van der Waals surface area contributed by atoms with E-state index in [4.69, 9.17) is 14.7 Å². The summed E-state index contributed by atoms with van der Waals surface area (Å²) >= 11 is 4.88. The summed E-state index contributed by atoms with van der Waals surface area (Å²) in [6.45, 7) is 2.07. The average molecular weight is 535 g/mol. The van der Waals surface area contributed by atoms with Gasteiger partial charge in [-0.3, -0.25) is 9.20 Å². The van der Waals surface area contributed by atoms with Gasteiger partial charge in [-0.05, 0) is 61.5 Å². The number of rotatable bonds is 6. The van der Waals surface area contributed by atoms with Crippen LogP contribution in [0.5, 0.6) is 0 Å². The number of imidazole rings is 1. The molecule has 0 saturated carbocycles. The zero-order valence-corrected chi connectivity index (χ0v) is 20.5. The SMILES string of the molecule is CCOC(=O)c1ccc(NC(=O)CSc2nc3ccc(Br)cc3c3nc4ccccc4n23)cc1. The largest absolute Gasteiger partial charge is 0.462 e. The smallest absolute Gasteiger partial charge is 0.338 e. The van der Waals surface area contributed by atoms with E-state index < -0.39 is 0 Å². The second-order valence-corrected chi connectivity index (χ2v) is 9.31. The number of para-hydroxylation sites is 2. The van der Waals surface area contributed by atoms with E-state index in [0.29, 0.717) is 23.0 Å². The van der Waals surface area contributed by atoms with Crippen molar-refractivity contribution >= 4 is 72.8 Å². The number of amides is 1. The van der Waals surface area contributed by atoms with E-state index in [1.165, 1.54) is 11.8 Å². The zero-order chi connectivity index (χ0) is 23.7. The van der Waals surface area contributed by atoms with Gasteiger partial charge in [0.2, 0.25) is 5.91 Å². The van der Waals surface area contributed by atoms with Crippen LogP contribution >= 0.6 is 27.7 Å². The highest BCUT2D eigenvalue weighted by atomic mass is 79.9. The molecule has 0 aliphatic heterocycles. The number of carbonyl (C=O) groups excluding carboxylic acids is 2. The first-order valence-electron chi connectivity index (χ1n) is 10.6. The van der Waals surface area contributed by atoms with Gasteiger partial charge >= 0.3 is 5.97 Å². The third kappa shape index (κ3) is 4.36. The summed E-state index contributed by atoms with van der Waals surface area (Å²) in [5, 5.41) is 4.48. The lowest BCUT2D eigenvalue weighted by Gasteiger charge is -2.09. The predicted molar refractivity (Wildman–Crippen MR) is 137 cm³/mol. The Morgan fingerprint density at radius 3 is 2.62 bits per heavy atom. The molecule has 0 fully saturated rings. The molecule has 0 aliphatic carbocycles. The topological polar surface area (TPSA) is 85.6 Å². The lowest BCUT2D eigenvalue weighted by molar-refractivity contribution is -0.113. The minimum absolute atomic E-state index is 0.163. The minimum Gasteiger partial charge on any atom is -0.462 e. The number of hydrogen-bond donors (Lipinski definition) is 1. The Morgan fingerprint density at radius 2 is 1.82 bits per heavy atom. The lowest BCUT2D eigenvalue weighted by atomic mass is 10.2. The summed E-state index contributed by atoms with van der Waals surface area (Å²) < 4.78 is 7.93. The van der Waals surface area contributed by atoms with Gasteiger partial charge in [-0.2, -0.15) is 0 Å². The number of aromatic nitrogens is 3. The zero-order valence-electron chi connectivity index (χ0n) is 18.1. The number of halogens is 1. The first-order chi connectivity index (χ1) is 16.5. The number of hydrogen-bond acceptors (Lipinski definition) is 6. The Labute approximate surface area is 207 Å². The molecule has 0 bridgehead atoms. The summed E-state index contributed by atoms with van der Waals surface area (Å²) in [4.78, 5) is 34.1. The molecule has 3 aromatic carbocycles. The quantitative estimate of drug-likeness (QED) is 0.171. The molecule has 0 saturated heterocycles. The molecular weight excluding hydrogens is 516 g/mol. The molecule has 0 atom stereocenters. The molecule has 5 aromatic rings. The van der Waals surface area contributed by atoms with E-state index in [1.807, 2.05) is 46.9 Å². The van der Waals surface area contributed by atoms with E-state index in [1.54, 1.807) is 31.2 Å². The fraction of sp³-hybridized carbons (Fsp3) is 0.120. The number of fused-ring (bicyclic) bond motifs is 5. The number of ether oxygens (including phenoxy) is 1. The van der Waals surface area contributed by atoms with Crippen LogP contribution in [0.3, 0.4) is 0 Å². The van der Waals surface area contributed by atoms with Gasteiger partial charge < -0.3 is 10.1 Å². The van der Waals surface area contributed by atoms with Crippen molar-refractivity contribution in [2.45, 2.75) is 12.1 Å². The highest BCUT2D eigenvalue weighted by Gasteiger charge is 2.16. The van der Waals surface area contributed by atoms with Crippen LogP contribution in [-0.2, 0) is 9.53 Å². The second kappa shape index (κ2) is 9.44. The number of carbonyl (C=O) groups is 2. The molecule has 0 aliphatic rings. The van der Waals surface area contributed by atoms with Crippen molar-refractivity contribution in [3.63, 3.8) is 0 Å². The van der Waals surface area contributed by atoms with Crippen LogP contribution in [0.25, 0.3) is 27.6 Å². The van der Waals surface area contributed by atoms with Gasteiger partial charge in [-0.15, -0.1) is 0 Å². The Hall–Kier alpha value is -3.43. The molecule has 9 heteroatoms. The van der Waals surface area contributed by atoms with Crippen molar-refractivity contribution in [2.75, 3.05) is 17.7 Å². The van der Waals surface area contributed by atoms with Crippen LogP contribution in [0.15, 0.2) is 76.4 Å². The molecule has 5 rings (SSSR count). The maximum atomic E-state index is 12.7. The molecule has 2 aromatic heterocycles. The number of nitrogens with one attached hydrogen (secondary N) is 1. The van der Waals surface area contributed by atoms with Crippen LogP contribution in [-0.4, -0.2) is 38.6 Å². The summed E-state index contributed by atoms with van der Waals surface area (Å²) in [7, 11) is 0. The molecular formula is C25H19BrN4O3S. The Bertz CT molecular complexity index is 1550.